The predicted molar refractivity (Wildman–Crippen MR) is 66.8 cm³/mol. The lowest BCUT2D eigenvalue weighted by atomic mass is 10.3. The molecule has 1 fully saturated rings. The van der Waals surface area contributed by atoms with Gasteiger partial charge in [0, 0.05) is 38.1 Å². The Morgan fingerprint density at radius 2 is 1.90 bits per heavy atom. The van der Waals surface area contributed by atoms with E-state index in [-0.39, 0.29) is 5.01 Å². The first-order chi connectivity index (χ1) is 9.33. The van der Waals surface area contributed by atoms with Crippen LogP contribution < -0.4 is 0 Å². The Labute approximate surface area is 117 Å². The number of halogens is 3. The fourth-order valence-electron chi connectivity index (χ4n) is 2.07. The van der Waals surface area contributed by atoms with Crippen molar-refractivity contribution in [1.82, 2.24) is 14.8 Å². The van der Waals surface area contributed by atoms with E-state index in [0.29, 0.717) is 38.4 Å². The normalized spacial score (nSPS) is 18.4. The highest BCUT2D eigenvalue weighted by atomic mass is 32.1. The first kappa shape index (κ1) is 15.2. The van der Waals surface area contributed by atoms with Crippen molar-refractivity contribution in [1.29, 1.82) is 0 Å². The van der Waals surface area contributed by atoms with Crippen LogP contribution in [-0.2, 0) is 6.54 Å². The van der Waals surface area contributed by atoms with Crippen LogP contribution in [0.3, 0.4) is 0 Å². The highest BCUT2D eigenvalue weighted by Crippen LogP contribution is 2.18. The minimum atomic E-state index is -4.16. The van der Waals surface area contributed by atoms with Gasteiger partial charge < -0.3 is 5.11 Å². The van der Waals surface area contributed by atoms with Crippen LogP contribution in [0.1, 0.15) is 15.5 Å². The Bertz CT molecular complexity index is 470. The second-order valence-corrected chi connectivity index (χ2v) is 5.47. The molecule has 2 heterocycles. The molecule has 0 aromatic carbocycles. The Balaban J connectivity index is 1.80. The van der Waals surface area contributed by atoms with E-state index in [9.17, 15) is 18.0 Å². The number of piperazine rings is 1. The number of carboxylic acids is 1. The highest BCUT2D eigenvalue weighted by Gasteiger charge is 2.32. The van der Waals surface area contributed by atoms with Gasteiger partial charge in [0.25, 0.3) is 0 Å². The van der Waals surface area contributed by atoms with Gasteiger partial charge in [0.05, 0.1) is 12.2 Å². The Morgan fingerprint density at radius 1 is 1.30 bits per heavy atom. The number of nitrogens with zero attached hydrogens (tertiary/aromatic N) is 3. The zero-order valence-electron chi connectivity index (χ0n) is 10.6. The summed E-state index contributed by atoms with van der Waals surface area (Å²) in [7, 11) is 0. The third-order valence-corrected chi connectivity index (χ3v) is 3.87. The van der Waals surface area contributed by atoms with E-state index in [0.717, 1.165) is 11.3 Å². The Morgan fingerprint density at radius 3 is 2.40 bits per heavy atom. The SMILES string of the molecule is O=C(O)c1nc(CN2CCN(CC(F)(F)F)CC2)cs1. The molecule has 2 rings (SSSR count). The average Bonchev–Trinajstić information content (AvgIpc) is 2.78. The van der Waals surface area contributed by atoms with Gasteiger partial charge in [-0.3, -0.25) is 9.80 Å². The van der Waals surface area contributed by atoms with Gasteiger partial charge in [-0.2, -0.15) is 13.2 Å². The fourth-order valence-corrected chi connectivity index (χ4v) is 2.71. The van der Waals surface area contributed by atoms with Crippen molar-refractivity contribution in [2.45, 2.75) is 12.7 Å². The summed E-state index contributed by atoms with van der Waals surface area (Å²) in [4.78, 5) is 18.0. The molecular weight excluding hydrogens is 295 g/mol. The number of thiazole rings is 1. The number of aromatic carboxylic acids is 1. The Hall–Kier alpha value is -1.19. The number of rotatable bonds is 4. The second-order valence-electron chi connectivity index (χ2n) is 4.62. The van der Waals surface area contributed by atoms with Crippen LogP contribution in [0.4, 0.5) is 13.2 Å². The van der Waals surface area contributed by atoms with E-state index in [1.807, 2.05) is 4.90 Å². The summed E-state index contributed by atoms with van der Waals surface area (Å²) in [5, 5.41) is 10.5. The molecule has 0 bridgehead atoms. The van der Waals surface area contributed by atoms with E-state index < -0.39 is 18.7 Å². The third-order valence-electron chi connectivity index (χ3n) is 2.99. The summed E-state index contributed by atoms with van der Waals surface area (Å²) in [6.45, 7) is 1.36. The summed E-state index contributed by atoms with van der Waals surface area (Å²) in [6.07, 6.45) is -4.16. The number of hydrogen-bond donors (Lipinski definition) is 1. The van der Waals surface area contributed by atoms with Crippen LogP contribution >= 0.6 is 11.3 Å². The molecule has 1 saturated heterocycles. The standard InChI is InChI=1S/C11H14F3N3O2S/c12-11(13,14)7-17-3-1-16(2-4-17)5-8-6-20-9(15-8)10(18)19/h6H,1-5,7H2,(H,18,19). The maximum atomic E-state index is 12.2. The molecule has 1 aromatic rings. The first-order valence-corrected chi connectivity index (χ1v) is 6.90. The van der Waals surface area contributed by atoms with Crippen LogP contribution in [0, 0.1) is 0 Å². The van der Waals surface area contributed by atoms with Crippen LogP contribution in [0.5, 0.6) is 0 Å². The predicted octanol–water partition coefficient (Wildman–Crippen LogP) is 1.52. The maximum Gasteiger partial charge on any atom is 0.401 e. The third kappa shape index (κ3) is 4.43. The summed E-state index contributed by atoms with van der Waals surface area (Å²) in [5.41, 5.74) is 0.650. The van der Waals surface area contributed by atoms with Crippen LogP contribution in [0.15, 0.2) is 5.38 Å². The van der Waals surface area contributed by atoms with Crippen molar-refractivity contribution < 1.29 is 23.1 Å². The van der Waals surface area contributed by atoms with Gasteiger partial charge >= 0.3 is 12.1 Å². The van der Waals surface area contributed by atoms with Crippen molar-refractivity contribution in [3.05, 3.63) is 16.1 Å². The van der Waals surface area contributed by atoms with Crippen molar-refractivity contribution in [2.24, 2.45) is 0 Å². The van der Waals surface area contributed by atoms with Gasteiger partial charge in [-0.05, 0) is 0 Å². The van der Waals surface area contributed by atoms with Gasteiger partial charge in [0.15, 0.2) is 0 Å². The number of carboxylic acid groups (broad SMARTS) is 1. The number of aromatic nitrogens is 1. The molecule has 0 aliphatic carbocycles. The lowest BCUT2D eigenvalue weighted by Crippen LogP contribution is -2.48. The molecular formula is C11H14F3N3O2S. The van der Waals surface area contributed by atoms with Gasteiger partial charge in [0.2, 0.25) is 5.01 Å². The zero-order chi connectivity index (χ0) is 14.8. The quantitative estimate of drug-likeness (QED) is 0.914. The molecule has 112 valence electrons. The second kappa shape index (κ2) is 6.06. The van der Waals surface area contributed by atoms with E-state index in [4.69, 9.17) is 5.11 Å². The average molecular weight is 309 g/mol. The molecule has 1 aliphatic heterocycles. The van der Waals surface area contributed by atoms with Gasteiger partial charge in [-0.1, -0.05) is 0 Å². The summed E-state index contributed by atoms with van der Waals surface area (Å²) < 4.78 is 36.7. The molecule has 9 heteroatoms. The lowest BCUT2D eigenvalue weighted by Gasteiger charge is -2.34. The van der Waals surface area contributed by atoms with Crippen molar-refractivity contribution in [3.8, 4) is 0 Å². The summed E-state index contributed by atoms with van der Waals surface area (Å²) >= 11 is 1.06. The first-order valence-electron chi connectivity index (χ1n) is 6.02. The molecule has 0 amide bonds. The molecule has 1 aromatic heterocycles. The minimum Gasteiger partial charge on any atom is -0.476 e. The van der Waals surface area contributed by atoms with E-state index in [2.05, 4.69) is 4.98 Å². The zero-order valence-corrected chi connectivity index (χ0v) is 11.4. The molecule has 0 unspecified atom stereocenters. The van der Waals surface area contributed by atoms with E-state index in [1.54, 1.807) is 5.38 Å². The largest absolute Gasteiger partial charge is 0.476 e. The topological polar surface area (TPSA) is 56.7 Å². The number of carbonyl (C=O) groups is 1. The van der Waals surface area contributed by atoms with Crippen molar-refractivity contribution >= 4 is 17.3 Å². The molecule has 0 spiro atoms. The molecule has 1 aliphatic rings. The minimum absolute atomic E-state index is 0.0377. The Kier molecular flexibility index (Phi) is 4.61. The number of alkyl halides is 3. The smallest absolute Gasteiger partial charge is 0.401 e. The molecule has 20 heavy (non-hydrogen) atoms. The maximum absolute atomic E-state index is 12.2. The van der Waals surface area contributed by atoms with Gasteiger partial charge in [0.1, 0.15) is 0 Å². The molecule has 0 radical (unpaired) electrons. The fraction of sp³-hybridized carbons (Fsp3) is 0.636. The molecule has 5 nitrogen and oxygen atoms in total. The highest BCUT2D eigenvalue weighted by molar-refractivity contribution is 7.11. The molecule has 0 atom stereocenters. The summed E-state index contributed by atoms with van der Waals surface area (Å²) in [6, 6.07) is 0. The van der Waals surface area contributed by atoms with Crippen molar-refractivity contribution in [2.75, 3.05) is 32.7 Å². The van der Waals surface area contributed by atoms with Crippen LogP contribution in [0.25, 0.3) is 0 Å². The molecule has 0 saturated carbocycles. The van der Waals surface area contributed by atoms with Gasteiger partial charge in [-0.15, -0.1) is 11.3 Å². The van der Waals surface area contributed by atoms with E-state index in [1.165, 1.54) is 4.90 Å². The van der Waals surface area contributed by atoms with Crippen molar-refractivity contribution in [3.63, 3.8) is 0 Å². The van der Waals surface area contributed by atoms with E-state index >= 15 is 0 Å². The van der Waals surface area contributed by atoms with Gasteiger partial charge in [-0.25, -0.2) is 9.78 Å². The molecule has 1 N–H and O–H groups in total. The monoisotopic (exact) mass is 309 g/mol. The lowest BCUT2D eigenvalue weighted by molar-refractivity contribution is -0.149. The summed E-state index contributed by atoms with van der Waals surface area (Å²) in [5.74, 6) is -1.06. The van der Waals surface area contributed by atoms with Crippen LogP contribution in [0.2, 0.25) is 0 Å². The number of hydrogen-bond acceptors (Lipinski definition) is 5. The van der Waals surface area contributed by atoms with Crippen LogP contribution in [-0.4, -0.2) is 64.8 Å².